The second-order valence-corrected chi connectivity index (χ2v) is 7.39. The number of aliphatic carboxylic acids is 1. The van der Waals surface area contributed by atoms with E-state index in [1.807, 2.05) is 30.5 Å². The van der Waals surface area contributed by atoms with Crippen molar-refractivity contribution in [3.8, 4) is 0 Å². The van der Waals surface area contributed by atoms with E-state index in [9.17, 15) is 14.7 Å². The van der Waals surface area contributed by atoms with Gasteiger partial charge in [-0.1, -0.05) is 12.1 Å². The van der Waals surface area contributed by atoms with E-state index in [0.29, 0.717) is 25.3 Å². The summed E-state index contributed by atoms with van der Waals surface area (Å²) in [5, 5.41) is 11.9. The molecule has 0 bridgehead atoms. The number of oxazole rings is 1. The number of amides is 2. The van der Waals surface area contributed by atoms with E-state index in [2.05, 4.69) is 10.3 Å². The number of piperidine rings is 1. The van der Waals surface area contributed by atoms with E-state index in [4.69, 9.17) is 4.42 Å². The SMILES string of the molecule is CSCC[C@@H](NC(=O)N1CCC(c2nc3ccccc3o2)CC1)C(=O)O. The minimum atomic E-state index is -0.992. The zero-order valence-corrected chi connectivity index (χ0v) is 15.5. The number of para-hydroxylation sites is 2. The number of urea groups is 1. The molecule has 140 valence electrons. The van der Waals surface area contributed by atoms with Crippen LogP contribution in [0.5, 0.6) is 0 Å². The summed E-state index contributed by atoms with van der Waals surface area (Å²) in [4.78, 5) is 29.9. The lowest BCUT2D eigenvalue weighted by Crippen LogP contribution is -2.50. The molecule has 1 saturated heterocycles. The molecule has 0 spiro atoms. The lowest BCUT2D eigenvalue weighted by molar-refractivity contribution is -0.139. The van der Waals surface area contributed by atoms with Crippen LogP contribution in [-0.4, -0.2) is 58.1 Å². The van der Waals surface area contributed by atoms with Crippen molar-refractivity contribution in [2.45, 2.75) is 31.2 Å². The lowest BCUT2D eigenvalue weighted by atomic mass is 9.97. The lowest BCUT2D eigenvalue weighted by Gasteiger charge is -2.31. The summed E-state index contributed by atoms with van der Waals surface area (Å²) in [7, 11) is 0. The summed E-state index contributed by atoms with van der Waals surface area (Å²) in [5.41, 5.74) is 1.63. The third kappa shape index (κ3) is 4.30. The molecule has 3 rings (SSSR count). The van der Waals surface area contributed by atoms with Crippen molar-refractivity contribution in [3.05, 3.63) is 30.2 Å². The summed E-state index contributed by atoms with van der Waals surface area (Å²) in [6.07, 6.45) is 3.84. The highest BCUT2D eigenvalue weighted by Crippen LogP contribution is 2.29. The average molecular weight is 377 g/mol. The summed E-state index contributed by atoms with van der Waals surface area (Å²) in [6, 6.07) is 6.51. The zero-order valence-electron chi connectivity index (χ0n) is 14.7. The van der Waals surface area contributed by atoms with Crippen LogP contribution in [0.2, 0.25) is 0 Å². The van der Waals surface area contributed by atoms with E-state index in [1.165, 1.54) is 0 Å². The molecule has 2 N–H and O–H groups in total. The Hall–Kier alpha value is -2.22. The van der Waals surface area contributed by atoms with Gasteiger partial charge in [0.1, 0.15) is 11.6 Å². The number of carboxylic acid groups (broad SMARTS) is 1. The molecule has 8 heteroatoms. The predicted octanol–water partition coefficient (Wildman–Crippen LogP) is 2.92. The van der Waals surface area contributed by atoms with E-state index in [1.54, 1.807) is 16.7 Å². The Labute approximate surface area is 156 Å². The minimum Gasteiger partial charge on any atom is -0.480 e. The Morgan fingerprint density at radius 1 is 1.38 bits per heavy atom. The molecule has 2 amide bonds. The largest absolute Gasteiger partial charge is 0.480 e. The molecule has 7 nitrogen and oxygen atoms in total. The molecule has 0 radical (unpaired) electrons. The van der Waals surface area contributed by atoms with Crippen molar-refractivity contribution < 1.29 is 19.1 Å². The highest BCUT2D eigenvalue weighted by atomic mass is 32.2. The summed E-state index contributed by atoms with van der Waals surface area (Å²) < 4.78 is 5.83. The number of nitrogens with zero attached hydrogens (tertiary/aromatic N) is 2. The van der Waals surface area contributed by atoms with Gasteiger partial charge < -0.3 is 19.7 Å². The number of aromatic nitrogens is 1. The molecule has 1 aromatic carbocycles. The molecule has 2 aromatic rings. The standard InChI is InChI=1S/C18H23N3O4S/c1-26-11-8-14(17(22)23)20-18(24)21-9-6-12(7-10-21)16-19-13-4-2-3-5-15(13)25-16/h2-5,12,14H,6-11H2,1H3,(H,20,24)(H,22,23)/t14-/m1/s1. The molecule has 26 heavy (non-hydrogen) atoms. The van der Waals surface area contributed by atoms with Gasteiger partial charge in [-0.05, 0) is 43.4 Å². The second kappa shape index (κ2) is 8.44. The van der Waals surface area contributed by atoms with Gasteiger partial charge in [0, 0.05) is 19.0 Å². The van der Waals surface area contributed by atoms with Gasteiger partial charge in [-0.25, -0.2) is 14.6 Å². The molecule has 0 aliphatic carbocycles. The fraction of sp³-hybridized carbons (Fsp3) is 0.500. The molecular formula is C18H23N3O4S. The van der Waals surface area contributed by atoms with Crippen LogP contribution in [0.3, 0.4) is 0 Å². The maximum Gasteiger partial charge on any atom is 0.326 e. The van der Waals surface area contributed by atoms with Gasteiger partial charge in [0.2, 0.25) is 0 Å². The van der Waals surface area contributed by atoms with Gasteiger partial charge >= 0.3 is 12.0 Å². The fourth-order valence-corrected chi connectivity index (χ4v) is 3.60. The van der Waals surface area contributed by atoms with Crippen LogP contribution in [0.1, 0.15) is 31.1 Å². The summed E-state index contributed by atoms with van der Waals surface area (Å²) in [6.45, 7) is 1.12. The minimum absolute atomic E-state index is 0.179. The van der Waals surface area contributed by atoms with E-state index in [0.717, 1.165) is 29.8 Å². The van der Waals surface area contributed by atoms with Crippen LogP contribution < -0.4 is 5.32 Å². The quantitative estimate of drug-likeness (QED) is 0.804. The number of carbonyl (C=O) groups excluding carboxylic acids is 1. The molecule has 1 aliphatic rings. The number of carboxylic acids is 1. The van der Waals surface area contributed by atoms with Crippen LogP contribution in [0.15, 0.2) is 28.7 Å². The Morgan fingerprint density at radius 3 is 2.77 bits per heavy atom. The number of likely N-dealkylation sites (tertiary alicyclic amines) is 1. The number of carbonyl (C=O) groups is 2. The molecule has 1 fully saturated rings. The summed E-state index contributed by atoms with van der Waals surface area (Å²) >= 11 is 1.56. The fourth-order valence-electron chi connectivity index (χ4n) is 3.13. The van der Waals surface area contributed by atoms with Gasteiger partial charge in [-0.15, -0.1) is 0 Å². The Bertz CT molecular complexity index is 738. The number of hydrogen-bond acceptors (Lipinski definition) is 5. The van der Waals surface area contributed by atoms with Crippen molar-refractivity contribution in [1.82, 2.24) is 15.2 Å². The smallest absolute Gasteiger partial charge is 0.326 e. The third-order valence-electron chi connectivity index (χ3n) is 4.65. The van der Waals surface area contributed by atoms with Crippen molar-refractivity contribution in [2.75, 3.05) is 25.1 Å². The number of thioether (sulfide) groups is 1. The van der Waals surface area contributed by atoms with Gasteiger partial charge in [-0.2, -0.15) is 11.8 Å². The third-order valence-corrected chi connectivity index (χ3v) is 5.29. The van der Waals surface area contributed by atoms with E-state index < -0.39 is 12.0 Å². The predicted molar refractivity (Wildman–Crippen MR) is 101 cm³/mol. The second-order valence-electron chi connectivity index (χ2n) is 6.40. The molecular weight excluding hydrogens is 354 g/mol. The maximum absolute atomic E-state index is 12.4. The number of benzene rings is 1. The van der Waals surface area contributed by atoms with Crippen LogP contribution in [0.4, 0.5) is 4.79 Å². The monoisotopic (exact) mass is 377 g/mol. The first kappa shape index (κ1) is 18.6. The van der Waals surface area contributed by atoms with Crippen LogP contribution in [-0.2, 0) is 4.79 Å². The van der Waals surface area contributed by atoms with Crippen molar-refractivity contribution in [1.29, 1.82) is 0 Å². The van der Waals surface area contributed by atoms with Gasteiger partial charge in [0.05, 0.1) is 0 Å². The number of rotatable bonds is 6. The first-order chi connectivity index (χ1) is 12.6. The van der Waals surface area contributed by atoms with Crippen LogP contribution in [0.25, 0.3) is 11.1 Å². The molecule has 1 atom stereocenters. The first-order valence-corrected chi connectivity index (χ1v) is 10.1. The van der Waals surface area contributed by atoms with Crippen molar-refractivity contribution >= 4 is 34.9 Å². The molecule has 0 unspecified atom stereocenters. The number of hydrogen-bond donors (Lipinski definition) is 2. The number of fused-ring (bicyclic) bond motifs is 1. The Morgan fingerprint density at radius 2 is 2.12 bits per heavy atom. The van der Waals surface area contributed by atoms with E-state index in [-0.39, 0.29) is 11.9 Å². The Kier molecular flexibility index (Phi) is 6.03. The molecule has 0 saturated carbocycles. The van der Waals surface area contributed by atoms with Gasteiger partial charge in [-0.3, -0.25) is 0 Å². The number of nitrogens with one attached hydrogen (secondary N) is 1. The zero-order chi connectivity index (χ0) is 18.5. The van der Waals surface area contributed by atoms with Crippen LogP contribution >= 0.6 is 11.8 Å². The summed E-state index contributed by atoms with van der Waals surface area (Å²) in [5.74, 6) is 0.596. The van der Waals surface area contributed by atoms with Crippen LogP contribution in [0, 0.1) is 0 Å². The topological polar surface area (TPSA) is 95.7 Å². The highest BCUT2D eigenvalue weighted by Gasteiger charge is 2.29. The maximum atomic E-state index is 12.4. The highest BCUT2D eigenvalue weighted by molar-refractivity contribution is 7.98. The molecule has 2 heterocycles. The van der Waals surface area contributed by atoms with Crippen molar-refractivity contribution in [2.24, 2.45) is 0 Å². The average Bonchev–Trinajstić information content (AvgIpc) is 3.09. The van der Waals surface area contributed by atoms with Gasteiger partial charge in [0.25, 0.3) is 0 Å². The molecule has 1 aliphatic heterocycles. The molecule has 1 aromatic heterocycles. The van der Waals surface area contributed by atoms with Gasteiger partial charge in [0.15, 0.2) is 11.5 Å². The normalized spacial score (nSPS) is 16.6. The Balaban J connectivity index is 1.55. The first-order valence-electron chi connectivity index (χ1n) is 8.71. The van der Waals surface area contributed by atoms with E-state index >= 15 is 0 Å². The van der Waals surface area contributed by atoms with Crippen molar-refractivity contribution in [3.63, 3.8) is 0 Å².